The summed E-state index contributed by atoms with van der Waals surface area (Å²) in [5, 5.41) is 31.4. The summed E-state index contributed by atoms with van der Waals surface area (Å²) in [4.78, 5) is 0. The number of ether oxygens (including phenoxy) is 3. The number of aliphatic hydroxyl groups is 3. The fourth-order valence-electron chi connectivity index (χ4n) is 5.53. The molecule has 1 fully saturated rings. The molecule has 0 saturated carbocycles. The van der Waals surface area contributed by atoms with Crippen molar-refractivity contribution in [3.63, 3.8) is 0 Å². The molecule has 0 bridgehead atoms. The highest BCUT2D eigenvalue weighted by molar-refractivity contribution is 6.31. The molecule has 1 aliphatic heterocycles. The smallest absolute Gasteiger partial charge is 0.304 e. The maximum atomic E-state index is 10.4. The molecule has 1 heterocycles. The Morgan fingerprint density at radius 2 is 1.42 bits per heavy atom. The normalized spacial score (nSPS) is 19.0. The number of aryl methyl sites for hydroxylation is 1. The molecule has 43 heavy (non-hydrogen) atoms. The lowest BCUT2D eigenvalue weighted by atomic mass is 9.89. The molecule has 0 spiro atoms. The van der Waals surface area contributed by atoms with Crippen molar-refractivity contribution >= 4 is 11.6 Å². The third-order valence-electron chi connectivity index (χ3n) is 7.86. The number of benzene rings is 4. The van der Waals surface area contributed by atoms with E-state index >= 15 is 0 Å². The van der Waals surface area contributed by atoms with E-state index in [0.717, 1.165) is 28.7 Å². The quantitative estimate of drug-likeness (QED) is 0.158. The zero-order valence-corrected chi connectivity index (χ0v) is 25.1. The molecule has 4 aromatic carbocycles. The van der Waals surface area contributed by atoms with Gasteiger partial charge in [0, 0.05) is 23.4 Å². The monoisotopic (exact) mass is 602 g/mol. The van der Waals surface area contributed by atoms with E-state index in [1.807, 2.05) is 66.7 Å². The van der Waals surface area contributed by atoms with Gasteiger partial charge in [-0.2, -0.15) is 0 Å². The van der Waals surface area contributed by atoms with Gasteiger partial charge < -0.3 is 29.5 Å². The minimum atomic E-state index is -3.10. The van der Waals surface area contributed by atoms with Crippen LogP contribution < -0.4 is 0 Å². The van der Waals surface area contributed by atoms with Crippen LogP contribution in [0, 0.1) is 0 Å². The molecule has 3 atom stereocenters. The van der Waals surface area contributed by atoms with Crippen molar-refractivity contribution in [2.75, 3.05) is 6.61 Å². The molecule has 3 unspecified atom stereocenters. The van der Waals surface area contributed by atoms with Gasteiger partial charge in [-0.05, 0) is 52.3 Å². The van der Waals surface area contributed by atoms with Crippen LogP contribution in [0.3, 0.4) is 0 Å². The first-order chi connectivity index (χ1) is 20.8. The standard InChI is InChI=1S/C36H39ClO6/c1-2-25-13-15-26(16-14-25)17-29-18-32(33(21-34(29)37)36(38,39)40)35-20-30(42-23-28-11-7-4-8-12-28)19-31(43-35)24-41-22-27-9-5-3-6-10-27/h3-16,18,21,30-31,35,38-40H,2,17,19-20,22-24H2,1H3. The molecule has 7 heteroatoms. The second-order valence-corrected chi connectivity index (χ2v) is 11.6. The predicted molar refractivity (Wildman–Crippen MR) is 166 cm³/mol. The van der Waals surface area contributed by atoms with Crippen LogP contribution in [0.15, 0.2) is 97.1 Å². The van der Waals surface area contributed by atoms with E-state index in [4.69, 9.17) is 25.8 Å². The summed E-state index contributed by atoms with van der Waals surface area (Å²) in [7, 11) is 0. The minimum Gasteiger partial charge on any atom is -0.374 e. The Bertz CT molecular complexity index is 1440. The molecule has 3 N–H and O–H groups in total. The van der Waals surface area contributed by atoms with Gasteiger partial charge in [-0.1, -0.05) is 110 Å². The molecule has 4 aromatic rings. The van der Waals surface area contributed by atoms with E-state index in [9.17, 15) is 15.3 Å². The highest BCUT2D eigenvalue weighted by Gasteiger charge is 2.36. The lowest BCUT2D eigenvalue weighted by molar-refractivity contribution is -0.324. The maximum Gasteiger partial charge on any atom is 0.304 e. The lowest BCUT2D eigenvalue weighted by Crippen LogP contribution is -2.37. The van der Waals surface area contributed by atoms with Crippen LogP contribution >= 0.6 is 11.6 Å². The third kappa shape index (κ3) is 8.74. The molecule has 1 aliphatic rings. The van der Waals surface area contributed by atoms with Gasteiger partial charge in [-0.3, -0.25) is 0 Å². The van der Waals surface area contributed by atoms with Crippen molar-refractivity contribution < 1.29 is 29.5 Å². The fourth-order valence-corrected chi connectivity index (χ4v) is 5.76. The molecular weight excluding hydrogens is 564 g/mol. The van der Waals surface area contributed by atoms with Crippen LogP contribution in [0.25, 0.3) is 0 Å². The Labute approximate surface area is 258 Å². The summed E-state index contributed by atoms with van der Waals surface area (Å²) in [5.74, 6) is -3.10. The van der Waals surface area contributed by atoms with Gasteiger partial charge in [0.1, 0.15) is 0 Å². The zero-order chi connectivity index (χ0) is 30.2. The highest BCUT2D eigenvalue weighted by atomic mass is 35.5. The Hall–Kier alpha value is -3.07. The molecule has 5 rings (SSSR count). The predicted octanol–water partition coefficient (Wildman–Crippen LogP) is 6.60. The summed E-state index contributed by atoms with van der Waals surface area (Å²) in [6.07, 6.45) is 1.45. The van der Waals surface area contributed by atoms with Gasteiger partial charge in [0.15, 0.2) is 0 Å². The van der Waals surface area contributed by atoms with Crippen LogP contribution in [0.1, 0.15) is 64.8 Å². The van der Waals surface area contributed by atoms with E-state index in [0.29, 0.717) is 49.7 Å². The Morgan fingerprint density at radius 1 is 0.791 bits per heavy atom. The summed E-state index contributed by atoms with van der Waals surface area (Å²) in [6, 6.07) is 31.5. The highest BCUT2D eigenvalue weighted by Crippen LogP contribution is 2.40. The summed E-state index contributed by atoms with van der Waals surface area (Å²) in [6.45, 7) is 3.33. The van der Waals surface area contributed by atoms with Crippen LogP contribution in [-0.2, 0) is 46.2 Å². The molecule has 1 saturated heterocycles. The van der Waals surface area contributed by atoms with Crippen molar-refractivity contribution in [1.29, 1.82) is 0 Å². The van der Waals surface area contributed by atoms with Crippen molar-refractivity contribution in [1.82, 2.24) is 0 Å². The van der Waals surface area contributed by atoms with Crippen molar-refractivity contribution in [2.24, 2.45) is 0 Å². The van der Waals surface area contributed by atoms with Gasteiger partial charge in [0.2, 0.25) is 0 Å². The van der Waals surface area contributed by atoms with Crippen LogP contribution in [0.2, 0.25) is 5.02 Å². The molecule has 0 aliphatic carbocycles. The third-order valence-corrected chi connectivity index (χ3v) is 8.21. The van der Waals surface area contributed by atoms with Crippen molar-refractivity contribution in [3.8, 4) is 0 Å². The topological polar surface area (TPSA) is 88.4 Å². The maximum absolute atomic E-state index is 10.4. The number of halogens is 1. The Kier molecular flexibility index (Phi) is 10.6. The number of rotatable bonds is 12. The van der Waals surface area contributed by atoms with Gasteiger partial charge in [0.25, 0.3) is 0 Å². The molecule has 0 radical (unpaired) electrons. The van der Waals surface area contributed by atoms with Crippen LogP contribution in [0.4, 0.5) is 0 Å². The second kappa shape index (κ2) is 14.6. The minimum absolute atomic E-state index is 0.111. The van der Waals surface area contributed by atoms with E-state index in [-0.39, 0.29) is 17.8 Å². The second-order valence-electron chi connectivity index (χ2n) is 11.2. The van der Waals surface area contributed by atoms with Gasteiger partial charge in [-0.25, -0.2) is 0 Å². The Morgan fingerprint density at radius 3 is 2.05 bits per heavy atom. The first-order valence-electron chi connectivity index (χ1n) is 14.8. The van der Waals surface area contributed by atoms with Crippen molar-refractivity contribution in [3.05, 3.63) is 141 Å². The zero-order valence-electron chi connectivity index (χ0n) is 24.4. The molecule has 0 amide bonds. The van der Waals surface area contributed by atoms with Crippen LogP contribution in [-0.4, -0.2) is 34.1 Å². The average molecular weight is 603 g/mol. The molecule has 226 valence electrons. The molecule has 0 aromatic heterocycles. The van der Waals surface area contributed by atoms with E-state index < -0.39 is 12.1 Å². The number of hydrogen-bond acceptors (Lipinski definition) is 6. The number of hydrogen-bond donors (Lipinski definition) is 3. The molecular formula is C36H39ClO6. The lowest BCUT2D eigenvalue weighted by Gasteiger charge is -2.37. The van der Waals surface area contributed by atoms with E-state index in [1.165, 1.54) is 11.6 Å². The first-order valence-corrected chi connectivity index (χ1v) is 15.2. The van der Waals surface area contributed by atoms with Crippen LogP contribution in [0.5, 0.6) is 0 Å². The average Bonchev–Trinajstić information content (AvgIpc) is 3.02. The summed E-state index contributed by atoms with van der Waals surface area (Å²) in [5.41, 5.74) is 5.58. The van der Waals surface area contributed by atoms with Crippen molar-refractivity contribution in [2.45, 2.75) is 70.1 Å². The van der Waals surface area contributed by atoms with E-state index in [1.54, 1.807) is 0 Å². The largest absolute Gasteiger partial charge is 0.374 e. The first kappa shape index (κ1) is 31.4. The van der Waals surface area contributed by atoms with Gasteiger partial charge in [-0.15, -0.1) is 0 Å². The summed E-state index contributed by atoms with van der Waals surface area (Å²) < 4.78 is 18.9. The fraction of sp³-hybridized carbons (Fsp3) is 0.333. The Balaban J connectivity index is 1.40. The van der Waals surface area contributed by atoms with Gasteiger partial charge >= 0.3 is 5.97 Å². The van der Waals surface area contributed by atoms with Gasteiger partial charge in [0.05, 0.1) is 38.1 Å². The summed E-state index contributed by atoms with van der Waals surface area (Å²) >= 11 is 6.64. The molecule has 6 nitrogen and oxygen atoms in total. The SMILES string of the molecule is CCc1ccc(Cc2cc(C3CC(OCc4ccccc4)CC(COCc4ccccc4)O3)c(C(O)(O)O)cc2Cl)cc1. The van der Waals surface area contributed by atoms with E-state index in [2.05, 4.69) is 31.2 Å².